The average Bonchev–Trinajstić information content (AvgIpc) is 2.45. The van der Waals surface area contributed by atoms with E-state index in [4.69, 9.17) is 0 Å². The molecule has 0 saturated carbocycles. The van der Waals surface area contributed by atoms with Gasteiger partial charge in [-0.25, -0.2) is 13.1 Å². The number of benzene rings is 1. The average molecular weight is 338 g/mol. The second-order valence-electron chi connectivity index (χ2n) is 6.36. The van der Waals surface area contributed by atoms with Crippen molar-refractivity contribution < 1.29 is 13.2 Å². The van der Waals surface area contributed by atoms with Gasteiger partial charge in [-0.3, -0.25) is 4.79 Å². The molecule has 0 bridgehead atoms. The lowest BCUT2D eigenvalue weighted by Gasteiger charge is -2.32. The third kappa shape index (κ3) is 4.12. The normalized spacial score (nSPS) is 16.6. The van der Waals surface area contributed by atoms with E-state index in [0.717, 1.165) is 16.7 Å². The van der Waals surface area contributed by atoms with E-state index in [-0.39, 0.29) is 11.9 Å². The summed E-state index contributed by atoms with van der Waals surface area (Å²) in [6.45, 7) is 8.70. The molecule has 23 heavy (non-hydrogen) atoms. The fourth-order valence-corrected chi connectivity index (χ4v) is 5.10. The van der Waals surface area contributed by atoms with Crippen molar-refractivity contribution >= 4 is 15.9 Å². The predicted octanol–water partition coefficient (Wildman–Crippen LogP) is 2.29. The fraction of sp³-hybridized carbons (Fsp3) is 0.588. The highest BCUT2D eigenvalue weighted by Gasteiger charge is 2.27. The van der Waals surface area contributed by atoms with Gasteiger partial charge < -0.3 is 4.90 Å². The van der Waals surface area contributed by atoms with Gasteiger partial charge >= 0.3 is 0 Å². The first-order valence-electron chi connectivity index (χ1n) is 8.12. The van der Waals surface area contributed by atoms with Crippen molar-refractivity contribution in [3.8, 4) is 0 Å². The maximum Gasteiger partial charge on any atom is 0.241 e. The number of sulfonamides is 1. The van der Waals surface area contributed by atoms with Crippen LogP contribution >= 0.6 is 0 Å². The van der Waals surface area contributed by atoms with E-state index in [9.17, 15) is 13.2 Å². The zero-order chi connectivity index (χ0) is 17.2. The predicted molar refractivity (Wildman–Crippen MR) is 90.9 cm³/mol. The highest BCUT2D eigenvalue weighted by atomic mass is 32.2. The minimum Gasteiger partial charge on any atom is -0.343 e. The Hall–Kier alpha value is -1.40. The number of nitrogens with one attached hydrogen (secondary N) is 1. The highest BCUT2D eigenvalue weighted by molar-refractivity contribution is 7.89. The molecule has 0 aliphatic carbocycles. The number of hydrogen-bond donors (Lipinski definition) is 1. The van der Waals surface area contributed by atoms with Crippen LogP contribution in [0.15, 0.2) is 17.0 Å². The summed E-state index contributed by atoms with van der Waals surface area (Å²) in [5.41, 5.74) is 2.60. The lowest BCUT2D eigenvalue weighted by molar-refractivity contribution is -0.131. The topological polar surface area (TPSA) is 66.5 Å². The zero-order valence-electron chi connectivity index (χ0n) is 14.3. The van der Waals surface area contributed by atoms with Crippen LogP contribution in [0.25, 0.3) is 0 Å². The van der Waals surface area contributed by atoms with Crippen LogP contribution in [0.3, 0.4) is 0 Å². The third-order valence-corrected chi connectivity index (χ3v) is 6.17. The molecule has 128 valence electrons. The number of carbonyl (C=O) groups is 1. The van der Waals surface area contributed by atoms with Crippen molar-refractivity contribution in [3.05, 3.63) is 28.8 Å². The Balaban J connectivity index is 2.10. The molecule has 1 aliphatic heterocycles. The van der Waals surface area contributed by atoms with Crippen molar-refractivity contribution in [1.82, 2.24) is 9.62 Å². The number of carbonyl (C=O) groups excluding carboxylic acids is 1. The Morgan fingerprint density at radius 1 is 1.17 bits per heavy atom. The lowest BCUT2D eigenvalue weighted by Crippen LogP contribution is -2.46. The Labute approximate surface area is 139 Å². The number of likely N-dealkylation sites (tertiary alicyclic amines) is 1. The number of piperidine rings is 1. The minimum atomic E-state index is -3.53. The van der Waals surface area contributed by atoms with Gasteiger partial charge in [0.05, 0.1) is 4.90 Å². The molecule has 1 aromatic rings. The third-order valence-electron chi connectivity index (χ3n) is 4.35. The van der Waals surface area contributed by atoms with E-state index < -0.39 is 10.0 Å². The van der Waals surface area contributed by atoms with Crippen LogP contribution in [0.5, 0.6) is 0 Å². The second kappa shape index (κ2) is 7.01. The van der Waals surface area contributed by atoms with Gasteiger partial charge in [-0.15, -0.1) is 0 Å². The number of amides is 1. The minimum absolute atomic E-state index is 0.110. The van der Waals surface area contributed by atoms with Crippen LogP contribution in [0.4, 0.5) is 0 Å². The molecule has 1 N–H and O–H groups in total. The number of nitrogens with zero attached hydrogens (tertiary/aromatic N) is 1. The molecule has 0 unspecified atom stereocenters. The highest BCUT2D eigenvalue weighted by Crippen LogP contribution is 2.23. The van der Waals surface area contributed by atoms with Gasteiger partial charge in [0.25, 0.3) is 0 Å². The molecule has 1 amide bonds. The number of hydrogen-bond acceptors (Lipinski definition) is 3. The van der Waals surface area contributed by atoms with E-state index in [1.807, 2.05) is 44.7 Å². The van der Waals surface area contributed by atoms with Crippen LogP contribution in [-0.4, -0.2) is 38.4 Å². The quantitative estimate of drug-likeness (QED) is 0.916. The van der Waals surface area contributed by atoms with Crippen molar-refractivity contribution in [2.24, 2.45) is 0 Å². The van der Waals surface area contributed by atoms with E-state index >= 15 is 0 Å². The molecular weight excluding hydrogens is 312 g/mol. The second-order valence-corrected chi connectivity index (χ2v) is 8.01. The van der Waals surface area contributed by atoms with Crippen LogP contribution in [0.1, 0.15) is 42.9 Å². The summed E-state index contributed by atoms with van der Waals surface area (Å²) in [6.07, 6.45) is 1.82. The molecular formula is C17H26N2O3S. The molecule has 0 aromatic heterocycles. The summed E-state index contributed by atoms with van der Waals surface area (Å²) in [5.74, 6) is 0.136. The van der Waals surface area contributed by atoms with Crippen LogP contribution < -0.4 is 4.72 Å². The standard InChI is InChI=1S/C17H26N2O3S/c1-5-16(20)19-8-6-15(7-9-19)18-23(21,22)17-13(3)10-12(2)11-14(17)4/h10-11,15,18H,5-9H2,1-4H3. The van der Waals surface area contributed by atoms with Crippen LogP contribution in [-0.2, 0) is 14.8 Å². The van der Waals surface area contributed by atoms with Crippen molar-refractivity contribution in [3.63, 3.8) is 0 Å². The summed E-state index contributed by atoms with van der Waals surface area (Å²) in [5, 5.41) is 0. The summed E-state index contributed by atoms with van der Waals surface area (Å²) in [4.78, 5) is 13.9. The van der Waals surface area contributed by atoms with E-state index in [0.29, 0.717) is 37.2 Å². The SMILES string of the molecule is CCC(=O)N1CCC(NS(=O)(=O)c2c(C)cc(C)cc2C)CC1. The monoisotopic (exact) mass is 338 g/mol. The summed E-state index contributed by atoms with van der Waals surface area (Å²) in [6, 6.07) is 3.68. The Morgan fingerprint density at radius 2 is 1.70 bits per heavy atom. The van der Waals surface area contributed by atoms with Gasteiger partial charge in [0.15, 0.2) is 0 Å². The van der Waals surface area contributed by atoms with E-state index in [1.165, 1.54) is 0 Å². The molecule has 5 nitrogen and oxygen atoms in total. The van der Waals surface area contributed by atoms with Gasteiger partial charge in [-0.1, -0.05) is 24.6 Å². The Kier molecular flexibility index (Phi) is 5.47. The zero-order valence-corrected chi connectivity index (χ0v) is 15.2. The van der Waals surface area contributed by atoms with Gasteiger partial charge in [-0.2, -0.15) is 0 Å². The summed E-state index contributed by atoms with van der Waals surface area (Å²) < 4.78 is 28.3. The smallest absolute Gasteiger partial charge is 0.241 e. The van der Waals surface area contributed by atoms with Crippen molar-refractivity contribution in [2.75, 3.05) is 13.1 Å². The van der Waals surface area contributed by atoms with Gasteiger partial charge in [-0.05, 0) is 44.7 Å². The molecule has 0 spiro atoms. The largest absolute Gasteiger partial charge is 0.343 e. The Morgan fingerprint density at radius 3 is 2.17 bits per heavy atom. The fourth-order valence-electron chi connectivity index (χ4n) is 3.34. The molecule has 6 heteroatoms. The van der Waals surface area contributed by atoms with Crippen molar-refractivity contribution in [1.29, 1.82) is 0 Å². The first-order valence-corrected chi connectivity index (χ1v) is 9.61. The molecule has 2 rings (SSSR count). The first kappa shape index (κ1) is 17.9. The number of rotatable bonds is 4. The Bertz CT molecular complexity index is 667. The van der Waals surface area contributed by atoms with Crippen molar-refractivity contribution in [2.45, 2.75) is 57.9 Å². The van der Waals surface area contributed by atoms with E-state index in [2.05, 4.69) is 4.72 Å². The molecule has 1 fully saturated rings. The molecule has 1 heterocycles. The van der Waals surface area contributed by atoms with Gasteiger partial charge in [0.2, 0.25) is 15.9 Å². The van der Waals surface area contributed by atoms with Gasteiger partial charge in [0.1, 0.15) is 0 Å². The first-order chi connectivity index (χ1) is 10.7. The molecule has 1 aliphatic rings. The maximum absolute atomic E-state index is 12.7. The van der Waals surface area contributed by atoms with E-state index in [1.54, 1.807) is 0 Å². The number of aryl methyl sites for hydroxylation is 3. The molecule has 1 saturated heterocycles. The van der Waals surface area contributed by atoms with Crippen LogP contribution in [0.2, 0.25) is 0 Å². The lowest BCUT2D eigenvalue weighted by atomic mass is 10.1. The summed E-state index contributed by atoms with van der Waals surface area (Å²) >= 11 is 0. The maximum atomic E-state index is 12.7. The van der Waals surface area contributed by atoms with Crippen LogP contribution in [0, 0.1) is 20.8 Å². The molecule has 1 aromatic carbocycles. The molecule has 0 atom stereocenters. The van der Waals surface area contributed by atoms with Gasteiger partial charge in [0, 0.05) is 25.6 Å². The molecule has 0 radical (unpaired) electrons. The summed E-state index contributed by atoms with van der Waals surface area (Å²) in [7, 11) is -3.53.